The molecule has 2 aromatic carbocycles. The number of aromatic nitrogens is 4. The standard InChI is InChI=1S/C22H21N5O3/c28-20(24-11-10-16-13-23-14-25-16)19(12-15-6-2-1-3-7-15)27-21(29)17-8-4-5-9-18(17)26-22(27)30/h1-9,13-14,19H,10-12H2,(H,23,25)(H,24,28)(H,26,30). The Morgan fingerprint density at radius 2 is 1.83 bits per heavy atom. The molecule has 0 aliphatic carbocycles. The summed E-state index contributed by atoms with van der Waals surface area (Å²) in [6.07, 6.45) is 4.04. The molecule has 1 amide bonds. The van der Waals surface area contributed by atoms with E-state index in [1.807, 2.05) is 30.3 Å². The number of carbonyl (C=O) groups is 1. The van der Waals surface area contributed by atoms with Gasteiger partial charge in [0.1, 0.15) is 6.04 Å². The summed E-state index contributed by atoms with van der Waals surface area (Å²) in [7, 11) is 0. The first-order valence-electron chi connectivity index (χ1n) is 9.66. The summed E-state index contributed by atoms with van der Waals surface area (Å²) in [5.74, 6) is -0.388. The van der Waals surface area contributed by atoms with Crippen LogP contribution in [0.15, 0.2) is 76.7 Å². The number of fused-ring (bicyclic) bond motifs is 1. The van der Waals surface area contributed by atoms with Gasteiger partial charge in [-0.3, -0.25) is 9.59 Å². The molecule has 0 aliphatic heterocycles. The highest BCUT2D eigenvalue weighted by Gasteiger charge is 2.25. The van der Waals surface area contributed by atoms with Gasteiger partial charge in [0.05, 0.1) is 17.2 Å². The average molecular weight is 403 g/mol. The molecule has 1 unspecified atom stereocenters. The van der Waals surface area contributed by atoms with Crippen molar-refractivity contribution in [2.45, 2.75) is 18.9 Å². The van der Waals surface area contributed by atoms with Crippen molar-refractivity contribution in [3.63, 3.8) is 0 Å². The smallest absolute Gasteiger partial charge is 0.329 e. The molecule has 0 fully saturated rings. The number of aromatic amines is 2. The van der Waals surface area contributed by atoms with Crippen LogP contribution < -0.4 is 16.6 Å². The minimum absolute atomic E-state index is 0.220. The number of nitrogens with one attached hydrogen (secondary N) is 3. The molecular weight excluding hydrogens is 382 g/mol. The SMILES string of the molecule is O=C(NCCc1cnc[nH]1)C(Cc1ccccc1)n1c(=O)[nH]c2ccccc2c1=O. The maximum absolute atomic E-state index is 13.1. The van der Waals surface area contributed by atoms with E-state index in [4.69, 9.17) is 0 Å². The Hall–Kier alpha value is -3.94. The van der Waals surface area contributed by atoms with Crippen LogP contribution in [0.1, 0.15) is 17.3 Å². The monoisotopic (exact) mass is 403 g/mol. The summed E-state index contributed by atoms with van der Waals surface area (Å²) in [5.41, 5.74) is 1.09. The average Bonchev–Trinajstić information content (AvgIpc) is 3.27. The number of carbonyl (C=O) groups excluding carboxylic acids is 1. The molecule has 0 aliphatic rings. The second-order valence-corrected chi connectivity index (χ2v) is 6.97. The van der Waals surface area contributed by atoms with Crippen LogP contribution in [-0.2, 0) is 17.6 Å². The lowest BCUT2D eigenvalue weighted by atomic mass is 10.0. The summed E-state index contributed by atoms with van der Waals surface area (Å²) in [6.45, 7) is 0.354. The molecule has 0 radical (unpaired) electrons. The molecule has 2 heterocycles. The fourth-order valence-electron chi connectivity index (χ4n) is 3.46. The third kappa shape index (κ3) is 4.07. The molecule has 8 heteroatoms. The number of hydrogen-bond acceptors (Lipinski definition) is 4. The molecule has 4 rings (SSSR count). The van der Waals surface area contributed by atoms with Gasteiger partial charge in [-0.1, -0.05) is 42.5 Å². The second-order valence-electron chi connectivity index (χ2n) is 6.97. The zero-order chi connectivity index (χ0) is 20.9. The first-order chi connectivity index (χ1) is 14.6. The molecule has 2 aromatic heterocycles. The largest absolute Gasteiger partial charge is 0.354 e. The molecule has 0 bridgehead atoms. The van der Waals surface area contributed by atoms with Gasteiger partial charge in [-0.15, -0.1) is 0 Å². The quantitative estimate of drug-likeness (QED) is 0.435. The number of para-hydroxylation sites is 1. The van der Waals surface area contributed by atoms with Crippen molar-refractivity contribution < 1.29 is 4.79 Å². The highest BCUT2D eigenvalue weighted by atomic mass is 16.2. The Labute approximate surface area is 171 Å². The minimum Gasteiger partial charge on any atom is -0.354 e. The van der Waals surface area contributed by atoms with Gasteiger partial charge in [0.15, 0.2) is 0 Å². The summed E-state index contributed by atoms with van der Waals surface area (Å²) in [5, 5.41) is 3.20. The lowest BCUT2D eigenvalue weighted by Crippen LogP contribution is -2.45. The van der Waals surface area contributed by atoms with E-state index < -0.39 is 17.3 Å². The molecule has 152 valence electrons. The van der Waals surface area contributed by atoms with Gasteiger partial charge in [-0.2, -0.15) is 0 Å². The molecule has 1 atom stereocenters. The second kappa shape index (κ2) is 8.60. The van der Waals surface area contributed by atoms with Gasteiger partial charge in [-0.05, 0) is 17.7 Å². The van der Waals surface area contributed by atoms with Crippen molar-refractivity contribution >= 4 is 16.8 Å². The fourth-order valence-corrected chi connectivity index (χ4v) is 3.46. The van der Waals surface area contributed by atoms with Crippen molar-refractivity contribution in [1.29, 1.82) is 0 Å². The van der Waals surface area contributed by atoms with Crippen LogP contribution in [0.3, 0.4) is 0 Å². The molecule has 30 heavy (non-hydrogen) atoms. The Balaban J connectivity index is 1.68. The van der Waals surface area contributed by atoms with E-state index in [0.717, 1.165) is 15.8 Å². The first kappa shape index (κ1) is 19.4. The molecule has 0 spiro atoms. The number of rotatable bonds is 7. The number of nitrogens with zero attached hydrogens (tertiary/aromatic N) is 2. The maximum atomic E-state index is 13.1. The van der Waals surface area contributed by atoms with Crippen molar-refractivity contribution in [2.75, 3.05) is 6.54 Å². The minimum atomic E-state index is -0.977. The van der Waals surface area contributed by atoms with Crippen molar-refractivity contribution in [2.24, 2.45) is 0 Å². The van der Waals surface area contributed by atoms with Gasteiger partial charge < -0.3 is 15.3 Å². The van der Waals surface area contributed by atoms with E-state index in [9.17, 15) is 14.4 Å². The highest BCUT2D eigenvalue weighted by Crippen LogP contribution is 2.13. The van der Waals surface area contributed by atoms with E-state index >= 15 is 0 Å². The fraction of sp³-hybridized carbons (Fsp3) is 0.182. The molecule has 3 N–H and O–H groups in total. The first-order valence-corrected chi connectivity index (χ1v) is 9.66. The van der Waals surface area contributed by atoms with E-state index in [0.29, 0.717) is 23.9 Å². The zero-order valence-electron chi connectivity index (χ0n) is 16.2. The van der Waals surface area contributed by atoms with Crippen LogP contribution in [-0.4, -0.2) is 32.0 Å². The van der Waals surface area contributed by atoms with Crippen molar-refractivity contribution in [1.82, 2.24) is 24.8 Å². The van der Waals surface area contributed by atoms with Crippen LogP contribution in [0, 0.1) is 0 Å². The number of benzene rings is 2. The predicted molar refractivity (Wildman–Crippen MR) is 113 cm³/mol. The van der Waals surface area contributed by atoms with Gasteiger partial charge in [0.2, 0.25) is 5.91 Å². The van der Waals surface area contributed by atoms with Crippen LogP contribution in [0.4, 0.5) is 0 Å². The number of H-pyrrole nitrogens is 2. The zero-order valence-corrected chi connectivity index (χ0v) is 16.2. The third-order valence-electron chi connectivity index (χ3n) is 4.97. The van der Waals surface area contributed by atoms with E-state index in [1.165, 1.54) is 0 Å². The molecule has 4 aromatic rings. The Kier molecular flexibility index (Phi) is 5.56. The normalized spacial score (nSPS) is 12.0. The topological polar surface area (TPSA) is 113 Å². The third-order valence-corrected chi connectivity index (χ3v) is 4.97. The Bertz CT molecular complexity index is 1260. The van der Waals surface area contributed by atoms with E-state index in [-0.39, 0.29) is 12.3 Å². The molecule has 0 saturated heterocycles. The Morgan fingerprint density at radius 3 is 2.60 bits per heavy atom. The number of amides is 1. The molecular formula is C22H21N5O3. The van der Waals surface area contributed by atoms with Gasteiger partial charge in [-0.25, -0.2) is 14.3 Å². The maximum Gasteiger partial charge on any atom is 0.329 e. The predicted octanol–water partition coefficient (Wildman–Crippen LogP) is 1.56. The van der Waals surface area contributed by atoms with Crippen LogP contribution >= 0.6 is 0 Å². The van der Waals surface area contributed by atoms with Crippen LogP contribution in [0.2, 0.25) is 0 Å². The van der Waals surface area contributed by atoms with Gasteiger partial charge in [0, 0.05) is 31.3 Å². The summed E-state index contributed by atoms with van der Waals surface area (Å²) >= 11 is 0. The molecule has 8 nitrogen and oxygen atoms in total. The highest BCUT2D eigenvalue weighted by molar-refractivity contribution is 5.82. The van der Waals surface area contributed by atoms with Gasteiger partial charge in [0.25, 0.3) is 5.56 Å². The van der Waals surface area contributed by atoms with Gasteiger partial charge >= 0.3 is 5.69 Å². The van der Waals surface area contributed by atoms with Crippen molar-refractivity contribution in [3.05, 3.63) is 99.2 Å². The number of hydrogen-bond donors (Lipinski definition) is 3. The Morgan fingerprint density at radius 1 is 1.07 bits per heavy atom. The summed E-state index contributed by atoms with van der Waals surface area (Å²) in [4.78, 5) is 48.6. The lowest BCUT2D eigenvalue weighted by Gasteiger charge is -2.19. The lowest BCUT2D eigenvalue weighted by molar-refractivity contribution is -0.124. The van der Waals surface area contributed by atoms with Crippen LogP contribution in [0.25, 0.3) is 10.9 Å². The van der Waals surface area contributed by atoms with Crippen molar-refractivity contribution in [3.8, 4) is 0 Å². The summed E-state index contributed by atoms with van der Waals surface area (Å²) < 4.78 is 1.01. The number of imidazole rings is 1. The summed E-state index contributed by atoms with van der Waals surface area (Å²) in [6, 6.07) is 15.1. The van der Waals surface area contributed by atoms with E-state index in [2.05, 4.69) is 20.3 Å². The van der Waals surface area contributed by atoms with E-state index in [1.54, 1.807) is 36.8 Å². The molecule has 0 saturated carbocycles. The van der Waals surface area contributed by atoms with Crippen LogP contribution in [0.5, 0.6) is 0 Å².